The summed E-state index contributed by atoms with van der Waals surface area (Å²) in [4.78, 5) is 23.5. The standard InChI is InChI=1S/C21H27ClN4O/c1-3-4-11-24(2)19-8-5-17(6-9-19)21(27)26-14-12-25(13-15-26)20-10-7-18(22)16-23-20/h5-10,16H,3-4,11-15H2,1-2H3. The first-order chi connectivity index (χ1) is 13.1. The van der Waals surface area contributed by atoms with Gasteiger partial charge >= 0.3 is 0 Å². The van der Waals surface area contributed by atoms with Crippen LogP contribution >= 0.6 is 11.6 Å². The van der Waals surface area contributed by atoms with Crippen LogP contribution in [0.25, 0.3) is 0 Å². The van der Waals surface area contributed by atoms with Gasteiger partial charge in [-0.15, -0.1) is 0 Å². The number of hydrogen-bond donors (Lipinski definition) is 0. The molecule has 1 aromatic carbocycles. The Labute approximate surface area is 166 Å². The molecule has 0 saturated carbocycles. The maximum Gasteiger partial charge on any atom is 0.253 e. The van der Waals surface area contributed by atoms with Crippen molar-refractivity contribution in [3.05, 3.63) is 53.2 Å². The van der Waals surface area contributed by atoms with E-state index in [9.17, 15) is 4.79 Å². The molecule has 0 radical (unpaired) electrons. The lowest BCUT2D eigenvalue weighted by Gasteiger charge is -2.35. The molecule has 0 spiro atoms. The van der Waals surface area contributed by atoms with E-state index in [1.165, 1.54) is 12.8 Å². The van der Waals surface area contributed by atoms with Crippen molar-refractivity contribution < 1.29 is 4.79 Å². The van der Waals surface area contributed by atoms with E-state index in [0.29, 0.717) is 18.1 Å². The SMILES string of the molecule is CCCCN(C)c1ccc(C(=O)N2CCN(c3ccc(Cl)cn3)CC2)cc1. The van der Waals surface area contributed by atoms with Crippen LogP contribution in [0, 0.1) is 0 Å². The van der Waals surface area contributed by atoms with E-state index >= 15 is 0 Å². The van der Waals surface area contributed by atoms with E-state index in [2.05, 4.69) is 28.8 Å². The minimum atomic E-state index is 0.0986. The summed E-state index contributed by atoms with van der Waals surface area (Å²) in [5.74, 6) is 1.01. The number of unbranched alkanes of at least 4 members (excludes halogenated alkanes) is 1. The molecular formula is C21H27ClN4O. The first-order valence-electron chi connectivity index (χ1n) is 9.55. The number of pyridine rings is 1. The number of carbonyl (C=O) groups excluding carboxylic acids is 1. The minimum absolute atomic E-state index is 0.0986. The summed E-state index contributed by atoms with van der Waals surface area (Å²) in [5, 5.41) is 0.636. The smallest absolute Gasteiger partial charge is 0.253 e. The highest BCUT2D eigenvalue weighted by atomic mass is 35.5. The van der Waals surface area contributed by atoms with Crippen LogP contribution in [0.2, 0.25) is 5.02 Å². The average Bonchev–Trinajstić information content (AvgIpc) is 2.72. The molecule has 1 amide bonds. The Kier molecular flexibility index (Phi) is 6.56. The highest BCUT2D eigenvalue weighted by Crippen LogP contribution is 2.19. The van der Waals surface area contributed by atoms with Crippen LogP contribution in [-0.2, 0) is 0 Å². The van der Waals surface area contributed by atoms with Crippen molar-refractivity contribution >= 4 is 29.0 Å². The van der Waals surface area contributed by atoms with Crippen molar-refractivity contribution in [3.63, 3.8) is 0 Å². The predicted octanol–water partition coefficient (Wildman–Crippen LogP) is 3.93. The Morgan fingerprint density at radius 1 is 1.11 bits per heavy atom. The summed E-state index contributed by atoms with van der Waals surface area (Å²) in [6, 6.07) is 11.7. The van der Waals surface area contributed by atoms with Gasteiger partial charge in [0.2, 0.25) is 0 Å². The lowest BCUT2D eigenvalue weighted by molar-refractivity contribution is 0.0746. The van der Waals surface area contributed by atoms with Crippen molar-refractivity contribution in [3.8, 4) is 0 Å². The molecule has 1 saturated heterocycles. The van der Waals surface area contributed by atoms with Crippen LogP contribution in [0.15, 0.2) is 42.6 Å². The molecule has 144 valence electrons. The molecular weight excluding hydrogens is 360 g/mol. The normalized spacial score (nSPS) is 14.3. The second kappa shape index (κ2) is 9.09. The maximum atomic E-state index is 12.8. The van der Waals surface area contributed by atoms with Crippen LogP contribution in [0.3, 0.4) is 0 Å². The van der Waals surface area contributed by atoms with Gasteiger partial charge in [-0.3, -0.25) is 4.79 Å². The number of anilines is 2. The third kappa shape index (κ3) is 4.92. The number of piperazine rings is 1. The zero-order chi connectivity index (χ0) is 19.2. The summed E-state index contributed by atoms with van der Waals surface area (Å²) < 4.78 is 0. The van der Waals surface area contributed by atoms with E-state index in [1.54, 1.807) is 6.20 Å². The molecule has 27 heavy (non-hydrogen) atoms. The van der Waals surface area contributed by atoms with Gasteiger partial charge in [0.05, 0.1) is 5.02 Å². The van der Waals surface area contributed by atoms with Crippen LogP contribution < -0.4 is 9.80 Å². The highest BCUT2D eigenvalue weighted by molar-refractivity contribution is 6.30. The molecule has 2 heterocycles. The molecule has 0 bridgehead atoms. The molecule has 6 heteroatoms. The minimum Gasteiger partial charge on any atom is -0.375 e. The molecule has 1 aromatic heterocycles. The number of nitrogens with zero attached hydrogens (tertiary/aromatic N) is 4. The van der Waals surface area contributed by atoms with E-state index in [1.807, 2.05) is 41.3 Å². The van der Waals surface area contributed by atoms with Gasteiger partial charge in [0.1, 0.15) is 5.82 Å². The second-order valence-electron chi connectivity index (χ2n) is 6.94. The number of hydrogen-bond acceptors (Lipinski definition) is 4. The molecule has 3 rings (SSSR count). The zero-order valence-corrected chi connectivity index (χ0v) is 16.8. The third-order valence-corrected chi connectivity index (χ3v) is 5.23. The number of amides is 1. The Morgan fingerprint density at radius 3 is 2.41 bits per heavy atom. The Hall–Kier alpha value is -2.27. The van der Waals surface area contributed by atoms with Gasteiger partial charge in [-0.2, -0.15) is 0 Å². The van der Waals surface area contributed by atoms with Gasteiger partial charge in [0.15, 0.2) is 0 Å². The molecule has 1 aliphatic heterocycles. The van der Waals surface area contributed by atoms with Gasteiger partial charge in [-0.25, -0.2) is 4.98 Å². The topological polar surface area (TPSA) is 39.7 Å². The van der Waals surface area contributed by atoms with E-state index in [0.717, 1.165) is 36.7 Å². The lowest BCUT2D eigenvalue weighted by atomic mass is 10.1. The molecule has 1 fully saturated rings. The molecule has 0 unspecified atom stereocenters. The summed E-state index contributed by atoms with van der Waals surface area (Å²) >= 11 is 5.90. The number of rotatable bonds is 6. The fourth-order valence-electron chi connectivity index (χ4n) is 3.26. The molecule has 0 N–H and O–H groups in total. The number of aromatic nitrogens is 1. The van der Waals surface area contributed by atoms with Crippen LogP contribution in [0.1, 0.15) is 30.1 Å². The van der Waals surface area contributed by atoms with Gasteiger partial charge in [-0.05, 0) is 42.8 Å². The first-order valence-corrected chi connectivity index (χ1v) is 9.93. The largest absolute Gasteiger partial charge is 0.375 e. The van der Waals surface area contributed by atoms with E-state index < -0.39 is 0 Å². The Bertz CT molecular complexity index is 740. The second-order valence-corrected chi connectivity index (χ2v) is 7.37. The Balaban J connectivity index is 1.56. The lowest BCUT2D eigenvalue weighted by Crippen LogP contribution is -2.49. The number of benzene rings is 1. The Morgan fingerprint density at radius 2 is 1.81 bits per heavy atom. The summed E-state index contributed by atoms with van der Waals surface area (Å²) in [5.41, 5.74) is 1.90. The molecule has 5 nitrogen and oxygen atoms in total. The monoisotopic (exact) mass is 386 g/mol. The van der Waals surface area contributed by atoms with Gasteiger partial charge in [0, 0.05) is 57.2 Å². The summed E-state index contributed by atoms with van der Waals surface area (Å²) in [6.45, 7) is 6.17. The van der Waals surface area contributed by atoms with Gasteiger partial charge in [-0.1, -0.05) is 24.9 Å². The van der Waals surface area contributed by atoms with Crippen LogP contribution in [0.4, 0.5) is 11.5 Å². The van der Waals surface area contributed by atoms with Crippen LogP contribution in [0.5, 0.6) is 0 Å². The molecule has 1 aliphatic rings. The number of halogens is 1. The first kappa shape index (κ1) is 19.5. The summed E-state index contributed by atoms with van der Waals surface area (Å²) in [6.07, 6.45) is 4.01. The average molecular weight is 387 g/mol. The van der Waals surface area contributed by atoms with Crippen molar-refractivity contribution in [2.24, 2.45) is 0 Å². The zero-order valence-electron chi connectivity index (χ0n) is 16.1. The van der Waals surface area contributed by atoms with Gasteiger partial charge < -0.3 is 14.7 Å². The van der Waals surface area contributed by atoms with Crippen molar-refractivity contribution in [1.82, 2.24) is 9.88 Å². The highest BCUT2D eigenvalue weighted by Gasteiger charge is 2.22. The van der Waals surface area contributed by atoms with Gasteiger partial charge in [0.25, 0.3) is 5.91 Å². The van der Waals surface area contributed by atoms with Crippen LogP contribution in [-0.4, -0.2) is 55.6 Å². The van der Waals surface area contributed by atoms with Crippen molar-refractivity contribution in [2.75, 3.05) is 49.6 Å². The van der Waals surface area contributed by atoms with Crippen molar-refractivity contribution in [2.45, 2.75) is 19.8 Å². The number of carbonyl (C=O) groups is 1. The predicted molar refractivity (Wildman–Crippen MR) is 112 cm³/mol. The molecule has 0 aliphatic carbocycles. The quantitative estimate of drug-likeness (QED) is 0.754. The molecule has 2 aromatic rings. The fourth-order valence-corrected chi connectivity index (χ4v) is 3.37. The maximum absolute atomic E-state index is 12.8. The summed E-state index contributed by atoms with van der Waals surface area (Å²) in [7, 11) is 2.09. The fraction of sp³-hybridized carbons (Fsp3) is 0.429. The third-order valence-electron chi connectivity index (χ3n) is 5.00. The van der Waals surface area contributed by atoms with E-state index in [-0.39, 0.29) is 5.91 Å². The molecule has 0 atom stereocenters. The van der Waals surface area contributed by atoms with Crippen molar-refractivity contribution in [1.29, 1.82) is 0 Å². The van der Waals surface area contributed by atoms with E-state index in [4.69, 9.17) is 11.6 Å².